The summed E-state index contributed by atoms with van der Waals surface area (Å²) in [5, 5.41) is 71.2. The van der Waals surface area contributed by atoms with Crippen LogP contribution in [0.1, 0.15) is 44.5 Å². The minimum atomic E-state index is -0.764. The Morgan fingerprint density at radius 3 is 1.08 bits per heavy atom. The van der Waals surface area contributed by atoms with E-state index in [1.807, 2.05) is 12.1 Å². The van der Waals surface area contributed by atoms with E-state index in [-0.39, 0.29) is 67.3 Å². The molecule has 8 rings (SSSR count). The summed E-state index contributed by atoms with van der Waals surface area (Å²) in [6.07, 6.45) is 0.405. The van der Waals surface area contributed by atoms with Crippen LogP contribution in [0.5, 0.6) is 0 Å². The van der Waals surface area contributed by atoms with Gasteiger partial charge in [0, 0.05) is 58.7 Å². The molecule has 0 bridgehead atoms. The third-order valence-corrected chi connectivity index (χ3v) is 10.4. The smallest absolute Gasteiger partial charge is 0.258 e. The van der Waals surface area contributed by atoms with E-state index < -0.39 is 52.3 Å². The van der Waals surface area contributed by atoms with Crippen molar-refractivity contribution < 1.29 is 29.5 Å². The van der Waals surface area contributed by atoms with Crippen LogP contribution in [-0.2, 0) is 6.42 Å². The maximum atomic E-state index is 12.1. The monoisotopic (exact) mass is 820 g/mol. The molecule has 20 heteroatoms. The lowest BCUT2D eigenvalue weighted by Crippen LogP contribution is -2.02. The first-order valence-corrected chi connectivity index (χ1v) is 17.9. The van der Waals surface area contributed by atoms with Crippen LogP contribution < -0.4 is 0 Å². The first kappa shape index (κ1) is 38.9. The van der Waals surface area contributed by atoms with E-state index in [1.54, 1.807) is 38.1 Å². The van der Waals surface area contributed by atoms with Gasteiger partial charge in [-0.05, 0) is 77.9 Å². The van der Waals surface area contributed by atoms with Gasteiger partial charge in [-0.3, -0.25) is 60.7 Å². The van der Waals surface area contributed by atoms with E-state index in [0.29, 0.717) is 28.9 Å². The number of benzene rings is 6. The zero-order valence-electron chi connectivity index (χ0n) is 31.4. The molecule has 0 aliphatic heterocycles. The van der Waals surface area contributed by atoms with Crippen molar-refractivity contribution in [3.63, 3.8) is 0 Å². The fourth-order valence-electron chi connectivity index (χ4n) is 7.70. The summed E-state index contributed by atoms with van der Waals surface area (Å²) in [4.78, 5) is 76.4. The molecule has 0 atom stereocenters. The van der Waals surface area contributed by atoms with Crippen LogP contribution in [0.2, 0.25) is 0 Å². The summed E-state index contributed by atoms with van der Waals surface area (Å²) in [6, 6.07) is 22.2. The first-order valence-electron chi connectivity index (χ1n) is 17.9. The molecule has 61 heavy (non-hydrogen) atoms. The Bertz CT molecular complexity index is 2920. The molecular weight excluding hydrogens is 796 g/mol. The highest BCUT2D eigenvalue weighted by Gasteiger charge is 2.38. The van der Waals surface area contributed by atoms with Crippen molar-refractivity contribution in [2.75, 3.05) is 0 Å². The fraction of sp³-hybridized carbons (Fsp3) is 0.0732. The Labute approximate surface area is 340 Å². The van der Waals surface area contributed by atoms with Gasteiger partial charge < -0.3 is 0 Å². The highest BCUT2D eigenvalue weighted by Crippen LogP contribution is 2.48. The van der Waals surface area contributed by atoms with Crippen LogP contribution in [0.25, 0.3) is 22.3 Å². The average molecular weight is 821 g/mol. The number of hydrogen-bond donors (Lipinski definition) is 0. The van der Waals surface area contributed by atoms with Crippen LogP contribution in [0, 0.1) is 74.5 Å². The van der Waals surface area contributed by atoms with Gasteiger partial charge in [-0.15, -0.1) is 0 Å². The summed E-state index contributed by atoms with van der Waals surface area (Å²) in [5.41, 5.74) is 2.41. The second kappa shape index (κ2) is 14.5. The van der Waals surface area contributed by atoms with E-state index in [0.717, 1.165) is 35.4 Å². The normalized spacial score (nSPS) is 13.3. The molecule has 0 fully saturated rings. The molecule has 2 aliphatic rings. The lowest BCUT2D eigenvalue weighted by atomic mass is 10.00. The Balaban J connectivity index is 1.15. The number of aliphatic imine (C=N–C) groups is 2. The molecule has 6 aromatic carbocycles. The summed E-state index contributed by atoms with van der Waals surface area (Å²) in [6.45, 7) is 3.54. The molecule has 0 unspecified atom stereocenters. The van der Waals surface area contributed by atoms with E-state index in [4.69, 9.17) is 9.98 Å². The van der Waals surface area contributed by atoms with E-state index in [2.05, 4.69) is 0 Å². The Kier molecular flexibility index (Phi) is 9.23. The molecule has 0 heterocycles. The van der Waals surface area contributed by atoms with Crippen LogP contribution in [-0.4, -0.2) is 41.0 Å². The van der Waals surface area contributed by atoms with Crippen molar-refractivity contribution in [1.82, 2.24) is 0 Å². The predicted octanol–water partition coefficient (Wildman–Crippen LogP) is 9.64. The molecule has 0 radical (unpaired) electrons. The Morgan fingerprint density at radius 1 is 0.393 bits per heavy atom. The van der Waals surface area contributed by atoms with Crippen molar-refractivity contribution >= 4 is 56.9 Å². The number of nitro benzene ring substituents is 6. The van der Waals surface area contributed by atoms with Crippen LogP contribution in [0.3, 0.4) is 0 Å². The zero-order chi connectivity index (χ0) is 43.6. The SMILES string of the molecule is Cc1cc(Cc2ccc(N=C3c4cc([N+](=O)[O-])ccc4-c4c3cc([N+](=O)[O-])cc4[N+](=O)[O-])c(C)c2)ccc1N=C1c2cc([N+](=O)[O-])ccc2-c2c1cc([N+](=O)[O-])cc2[N+](=O)[O-]. The molecular formula is C41H24N8O12. The predicted molar refractivity (Wildman–Crippen MR) is 219 cm³/mol. The van der Waals surface area contributed by atoms with Crippen LogP contribution >= 0.6 is 0 Å². The number of nitro groups is 6. The third kappa shape index (κ3) is 6.74. The minimum absolute atomic E-state index is 0.0581. The van der Waals surface area contributed by atoms with Crippen molar-refractivity contribution in [3.8, 4) is 22.3 Å². The molecule has 0 amide bonds. The molecule has 0 spiro atoms. The van der Waals surface area contributed by atoms with Gasteiger partial charge >= 0.3 is 0 Å². The molecule has 0 saturated heterocycles. The lowest BCUT2D eigenvalue weighted by Gasteiger charge is -2.10. The van der Waals surface area contributed by atoms with Gasteiger partial charge in [-0.25, -0.2) is 9.98 Å². The molecule has 0 saturated carbocycles. The summed E-state index contributed by atoms with van der Waals surface area (Å²) in [7, 11) is 0. The molecule has 0 N–H and O–H groups in total. The van der Waals surface area contributed by atoms with Crippen LogP contribution in [0.4, 0.5) is 45.5 Å². The lowest BCUT2D eigenvalue weighted by molar-refractivity contribution is -0.394. The largest absolute Gasteiger partial charge is 0.284 e. The van der Waals surface area contributed by atoms with E-state index in [1.165, 1.54) is 36.4 Å². The zero-order valence-corrected chi connectivity index (χ0v) is 31.4. The fourth-order valence-corrected chi connectivity index (χ4v) is 7.70. The maximum absolute atomic E-state index is 12.1. The maximum Gasteiger partial charge on any atom is 0.284 e. The number of rotatable bonds is 10. The second-order valence-electron chi connectivity index (χ2n) is 14.1. The van der Waals surface area contributed by atoms with Gasteiger partial charge in [0.1, 0.15) is 0 Å². The second-order valence-corrected chi connectivity index (χ2v) is 14.1. The van der Waals surface area contributed by atoms with Crippen molar-refractivity contribution in [1.29, 1.82) is 0 Å². The quantitative estimate of drug-likeness (QED) is 0.0920. The van der Waals surface area contributed by atoms with Gasteiger partial charge in [0.15, 0.2) is 0 Å². The Morgan fingerprint density at radius 2 is 0.754 bits per heavy atom. The highest BCUT2D eigenvalue weighted by atomic mass is 16.6. The average Bonchev–Trinajstić information content (AvgIpc) is 3.69. The van der Waals surface area contributed by atoms with Gasteiger partial charge in [0.25, 0.3) is 34.1 Å². The number of nitrogens with zero attached hydrogens (tertiary/aromatic N) is 8. The summed E-state index contributed by atoms with van der Waals surface area (Å²) in [5.74, 6) is 0. The Hall–Kier alpha value is -8.94. The van der Waals surface area contributed by atoms with Gasteiger partial charge in [0.2, 0.25) is 0 Å². The van der Waals surface area contributed by atoms with Gasteiger partial charge in [0.05, 0.1) is 75.6 Å². The standard InChI is InChI=1S/C41H24N8O12/c1-20-11-22(3-9-34(20)42-40-30-14-24(44(50)51)5-7-28(30)38-32(40)16-26(46(54)55)18-36(38)48(58)59)13-23-4-10-35(21(2)12-23)43-41-31-15-25(45(52)53)6-8-29(31)39-33(41)17-27(47(56)57)19-37(39)49(60)61/h3-12,14-19H,13H2,1-2H3. The summed E-state index contributed by atoms with van der Waals surface area (Å²) < 4.78 is 0. The molecule has 6 aromatic rings. The van der Waals surface area contributed by atoms with E-state index in [9.17, 15) is 60.7 Å². The molecule has 0 aromatic heterocycles. The number of non-ortho nitro benzene ring substituents is 4. The number of hydrogen-bond acceptors (Lipinski definition) is 14. The number of aryl methyl sites for hydroxylation is 2. The van der Waals surface area contributed by atoms with Crippen molar-refractivity contribution in [2.45, 2.75) is 20.3 Å². The van der Waals surface area contributed by atoms with Crippen molar-refractivity contribution in [3.05, 3.63) is 202 Å². The van der Waals surface area contributed by atoms with Gasteiger partial charge in [-0.2, -0.15) is 0 Å². The minimum Gasteiger partial charge on any atom is -0.258 e. The molecule has 20 nitrogen and oxygen atoms in total. The third-order valence-electron chi connectivity index (χ3n) is 10.4. The van der Waals surface area contributed by atoms with Crippen molar-refractivity contribution in [2.24, 2.45) is 9.98 Å². The molecule has 2 aliphatic carbocycles. The summed E-state index contributed by atoms with van der Waals surface area (Å²) >= 11 is 0. The van der Waals surface area contributed by atoms with E-state index >= 15 is 0 Å². The highest BCUT2D eigenvalue weighted by molar-refractivity contribution is 6.28. The molecule has 300 valence electrons. The van der Waals surface area contributed by atoms with Gasteiger partial charge in [-0.1, -0.05) is 24.3 Å². The topological polar surface area (TPSA) is 284 Å². The van der Waals surface area contributed by atoms with Crippen LogP contribution in [0.15, 0.2) is 107 Å². The number of fused-ring (bicyclic) bond motifs is 6. The first-order chi connectivity index (χ1) is 29.0.